The zero-order chi connectivity index (χ0) is 19.4. The summed E-state index contributed by atoms with van der Waals surface area (Å²) in [5.74, 6) is 1.03. The molecule has 2 aromatic heterocycles. The van der Waals surface area contributed by atoms with Crippen molar-refractivity contribution in [2.45, 2.75) is 12.6 Å². The largest absolute Gasteiger partial charge is 0.491 e. The normalized spacial score (nSPS) is 12.3. The summed E-state index contributed by atoms with van der Waals surface area (Å²) in [6.45, 7) is 1.26. The van der Waals surface area contributed by atoms with Gasteiger partial charge >= 0.3 is 5.69 Å². The number of benzene rings is 1. The van der Waals surface area contributed by atoms with Gasteiger partial charge in [0.2, 0.25) is 5.95 Å². The number of aliphatic hydroxyl groups excluding tert-OH is 1. The van der Waals surface area contributed by atoms with Gasteiger partial charge in [-0.25, -0.2) is 4.79 Å². The van der Waals surface area contributed by atoms with Crippen molar-refractivity contribution in [3.05, 3.63) is 51.2 Å². The Morgan fingerprint density at radius 2 is 2.07 bits per heavy atom. The second-order valence-corrected chi connectivity index (χ2v) is 6.09. The van der Waals surface area contributed by atoms with E-state index in [1.165, 1.54) is 11.6 Å². The molecule has 3 rings (SSSR count). The number of H-pyrrole nitrogens is 1. The number of aliphatic hydroxyl groups is 1. The molecule has 0 radical (unpaired) electrons. The van der Waals surface area contributed by atoms with Crippen LogP contribution in [0.15, 0.2) is 39.9 Å². The Morgan fingerprint density at radius 3 is 2.78 bits per heavy atom. The zero-order valence-corrected chi connectivity index (χ0v) is 15.0. The molecular formula is C17H23N6O4+. The first-order valence-electron chi connectivity index (χ1n) is 8.60. The third kappa shape index (κ3) is 4.01. The summed E-state index contributed by atoms with van der Waals surface area (Å²) >= 11 is 0. The number of ether oxygens (including phenoxy) is 1. The molecule has 0 unspecified atom stereocenters. The number of aromatic nitrogens is 4. The molecule has 1 aromatic carbocycles. The van der Waals surface area contributed by atoms with Crippen molar-refractivity contribution in [2.24, 2.45) is 7.05 Å². The van der Waals surface area contributed by atoms with Crippen molar-refractivity contribution in [2.75, 3.05) is 25.0 Å². The molecule has 0 saturated carbocycles. The second kappa shape index (κ2) is 8.06. The quantitative estimate of drug-likeness (QED) is 0.378. The lowest BCUT2D eigenvalue weighted by molar-refractivity contribution is -0.362. The summed E-state index contributed by atoms with van der Waals surface area (Å²) in [7, 11) is 1.53. The van der Waals surface area contributed by atoms with Crippen LogP contribution in [-0.2, 0) is 13.6 Å². The Morgan fingerprint density at radius 1 is 1.33 bits per heavy atom. The van der Waals surface area contributed by atoms with Gasteiger partial charge in [-0.1, -0.05) is 18.2 Å². The first-order valence-corrected chi connectivity index (χ1v) is 8.60. The molecule has 0 spiro atoms. The second-order valence-electron chi connectivity index (χ2n) is 6.09. The predicted octanol–water partition coefficient (Wildman–Crippen LogP) is -1.48. The van der Waals surface area contributed by atoms with Crippen LogP contribution < -0.4 is 27.0 Å². The fourth-order valence-electron chi connectivity index (χ4n) is 2.72. The van der Waals surface area contributed by atoms with Gasteiger partial charge in [0, 0.05) is 7.05 Å². The van der Waals surface area contributed by atoms with Crippen LogP contribution in [0.2, 0.25) is 0 Å². The smallest absolute Gasteiger partial charge is 0.329 e. The van der Waals surface area contributed by atoms with Crippen molar-refractivity contribution >= 4 is 17.1 Å². The van der Waals surface area contributed by atoms with Gasteiger partial charge in [0.25, 0.3) is 5.56 Å². The highest BCUT2D eigenvalue weighted by Crippen LogP contribution is 2.16. The van der Waals surface area contributed by atoms with E-state index in [0.29, 0.717) is 24.8 Å². The van der Waals surface area contributed by atoms with Gasteiger partial charge in [0.1, 0.15) is 18.5 Å². The lowest BCUT2D eigenvalue weighted by Gasteiger charge is -2.15. The molecule has 27 heavy (non-hydrogen) atoms. The third-order valence-corrected chi connectivity index (χ3v) is 4.05. The lowest BCUT2D eigenvalue weighted by Crippen LogP contribution is -2.53. The number of rotatable bonds is 8. The highest BCUT2D eigenvalue weighted by Gasteiger charge is 2.19. The highest BCUT2D eigenvalue weighted by molar-refractivity contribution is 5.74. The van der Waals surface area contributed by atoms with Crippen LogP contribution in [0.25, 0.3) is 11.2 Å². The van der Waals surface area contributed by atoms with E-state index in [1.54, 1.807) is 16.7 Å². The number of hydrogen-bond donors (Lipinski definition) is 4. The monoisotopic (exact) mass is 375 g/mol. The van der Waals surface area contributed by atoms with Gasteiger partial charge in [-0.3, -0.25) is 14.3 Å². The number of nitrogens with zero attached hydrogens (tertiary/aromatic N) is 3. The number of quaternary nitrogens is 1. The molecule has 6 N–H and O–H groups in total. The zero-order valence-electron chi connectivity index (χ0n) is 15.0. The van der Waals surface area contributed by atoms with Crippen molar-refractivity contribution in [3.63, 3.8) is 0 Å². The number of anilines is 1. The van der Waals surface area contributed by atoms with Crippen LogP contribution >= 0.6 is 0 Å². The standard InChI is InChI=1S/C17H22N6O4/c1-22-14-13(15(25)21-17(22)26)23(16(20-14)19-8-7-18)9-11(24)10-27-12-5-3-2-4-6-12/h2-6,11,24H,7-10,18H2,1H3,(H,19,20)(H,21,25,26)/p+1/t11-/m0/s1. The first kappa shape index (κ1) is 18.7. The number of aryl methyl sites for hydroxylation is 1. The average molecular weight is 375 g/mol. The van der Waals surface area contributed by atoms with E-state index in [9.17, 15) is 14.7 Å². The number of nitrogens with one attached hydrogen (secondary N) is 2. The van der Waals surface area contributed by atoms with E-state index >= 15 is 0 Å². The Hall–Kier alpha value is -3.11. The number of imidazole rings is 1. The van der Waals surface area contributed by atoms with Gasteiger partial charge in [-0.2, -0.15) is 4.98 Å². The maximum absolute atomic E-state index is 12.3. The van der Waals surface area contributed by atoms with Gasteiger partial charge in [0.15, 0.2) is 11.2 Å². The molecule has 10 heteroatoms. The van der Waals surface area contributed by atoms with Gasteiger partial charge in [-0.05, 0) is 12.1 Å². The van der Waals surface area contributed by atoms with Crippen molar-refractivity contribution in [3.8, 4) is 5.75 Å². The minimum Gasteiger partial charge on any atom is -0.491 e. The third-order valence-electron chi connectivity index (χ3n) is 4.05. The fourth-order valence-corrected chi connectivity index (χ4v) is 2.72. The van der Waals surface area contributed by atoms with Gasteiger partial charge in [-0.15, -0.1) is 0 Å². The van der Waals surface area contributed by atoms with Crippen molar-refractivity contribution < 1.29 is 15.6 Å². The van der Waals surface area contributed by atoms with Crippen LogP contribution in [-0.4, -0.2) is 50.0 Å². The minimum atomic E-state index is -0.889. The number of aromatic amines is 1. The van der Waals surface area contributed by atoms with Crippen LogP contribution in [0.4, 0.5) is 5.95 Å². The average Bonchev–Trinajstić information content (AvgIpc) is 3.02. The number of hydrogen-bond acceptors (Lipinski definition) is 6. The molecule has 0 aliphatic heterocycles. The van der Waals surface area contributed by atoms with Gasteiger partial charge in [0.05, 0.1) is 19.6 Å². The maximum Gasteiger partial charge on any atom is 0.329 e. The van der Waals surface area contributed by atoms with E-state index in [2.05, 4.69) is 21.0 Å². The topological polar surface area (TPSA) is 142 Å². The Labute approximate surface area is 154 Å². The minimum absolute atomic E-state index is 0.0438. The van der Waals surface area contributed by atoms with E-state index < -0.39 is 17.4 Å². The highest BCUT2D eigenvalue weighted by atomic mass is 16.5. The van der Waals surface area contributed by atoms with E-state index in [1.807, 2.05) is 18.2 Å². The summed E-state index contributed by atoms with van der Waals surface area (Å²) in [6.07, 6.45) is -0.889. The molecule has 0 bridgehead atoms. The summed E-state index contributed by atoms with van der Waals surface area (Å²) < 4.78 is 8.38. The van der Waals surface area contributed by atoms with Crippen LogP contribution in [0.5, 0.6) is 5.75 Å². The first-order chi connectivity index (χ1) is 13.0. The Kier molecular flexibility index (Phi) is 5.57. The molecule has 0 saturated heterocycles. The van der Waals surface area contributed by atoms with Crippen LogP contribution in [0.1, 0.15) is 0 Å². The molecule has 0 fully saturated rings. The molecular weight excluding hydrogens is 352 g/mol. The predicted molar refractivity (Wildman–Crippen MR) is 99.8 cm³/mol. The Balaban J connectivity index is 1.90. The van der Waals surface area contributed by atoms with E-state index in [-0.39, 0.29) is 24.3 Å². The van der Waals surface area contributed by atoms with Crippen molar-refractivity contribution in [1.82, 2.24) is 19.1 Å². The SMILES string of the molecule is Cn1c(=O)[nH]c(=O)c2c1nc(NCC[NH3+])n2C[C@H](O)COc1ccccc1. The number of para-hydroxylation sites is 1. The molecule has 2 heterocycles. The molecule has 0 aliphatic carbocycles. The number of fused-ring (bicyclic) bond motifs is 1. The van der Waals surface area contributed by atoms with Gasteiger partial charge < -0.3 is 25.5 Å². The maximum atomic E-state index is 12.3. The molecule has 1 atom stereocenters. The van der Waals surface area contributed by atoms with E-state index in [4.69, 9.17) is 4.74 Å². The summed E-state index contributed by atoms with van der Waals surface area (Å²) in [4.78, 5) is 30.8. The molecule has 144 valence electrons. The lowest BCUT2D eigenvalue weighted by atomic mass is 10.3. The van der Waals surface area contributed by atoms with Crippen LogP contribution in [0.3, 0.4) is 0 Å². The molecule has 10 nitrogen and oxygen atoms in total. The summed E-state index contributed by atoms with van der Waals surface area (Å²) in [5, 5.41) is 13.5. The molecule has 0 amide bonds. The van der Waals surface area contributed by atoms with E-state index in [0.717, 1.165) is 0 Å². The fraction of sp³-hybridized carbons (Fsp3) is 0.353. The van der Waals surface area contributed by atoms with Crippen LogP contribution in [0, 0.1) is 0 Å². The molecule has 3 aromatic rings. The summed E-state index contributed by atoms with van der Waals surface area (Å²) in [5.41, 5.74) is 3.11. The summed E-state index contributed by atoms with van der Waals surface area (Å²) in [6, 6.07) is 9.14. The Bertz CT molecular complexity index is 1020. The molecule has 0 aliphatic rings. The van der Waals surface area contributed by atoms with Crippen molar-refractivity contribution in [1.29, 1.82) is 0 Å².